The van der Waals surface area contributed by atoms with Crippen LogP contribution in [0.5, 0.6) is 0 Å². The Morgan fingerprint density at radius 1 is 1.47 bits per heavy atom. The van der Waals surface area contributed by atoms with E-state index in [-0.39, 0.29) is 11.8 Å². The minimum Gasteiger partial charge on any atom is -0.432 e. The third kappa shape index (κ3) is 2.36. The number of ketones is 1. The van der Waals surface area contributed by atoms with Crippen molar-refractivity contribution in [1.29, 1.82) is 0 Å². The number of allylic oxidation sites excluding steroid dienone is 2. The van der Waals surface area contributed by atoms with Gasteiger partial charge in [0.2, 0.25) is 0 Å². The summed E-state index contributed by atoms with van der Waals surface area (Å²) in [6.45, 7) is 3.93. The van der Waals surface area contributed by atoms with E-state index in [1.54, 1.807) is 0 Å². The summed E-state index contributed by atoms with van der Waals surface area (Å²) in [6.07, 6.45) is 5.25. The van der Waals surface area contributed by atoms with Crippen molar-refractivity contribution in [3.8, 4) is 0 Å². The predicted octanol–water partition coefficient (Wildman–Crippen LogP) is 2.38. The molecular formula is C11H17IO2Si. The normalized spacial score (nSPS) is 39.9. The Morgan fingerprint density at radius 3 is 2.67 bits per heavy atom. The lowest BCUT2D eigenvalue weighted by Crippen LogP contribution is -2.40. The van der Waals surface area contributed by atoms with E-state index in [2.05, 4.69) is 34.7 Å². The van der Waals surface area contributed by atoms with E-state index in [0.717, 1.165) is 12.5 Å². The van der Waals surface area contributed by atoms with E-state index in [4.69, 9.17) is 0 Å². The van der Waals surface area contributed by atoms with Gasteiger partial charge in [-0.05, 0) is 31.5 Å². The molecule has 2 bridgehead atoms. The van der Waals surface area contributed by atoms with Crippen LogP contribution in [0.1, 0.15) is 6.42 Å². The summed E-state index contributed by atoms with van der Waals surface area (Å²) in [6, 6.07) is 0.861. The minimum absolute atomic E-state index is 0.111. The van der Waals surface area contributed by atoms with Crippen molar-refractivity contribution in [3.05, 3.63) is 12.2 Å². The van der Waals surface area contributed by atoms with E-state index in [1.165, 1.54) is 0 Å². The van der Waals surface area contributed by atoms with E-state index in [9.17, 15) is 9.59 Å². The predicted molar refractivity (Wildman–Crippen MR) is 71.5 cm³/mol. The maximum Gasteiger partial charge on any atom is 0.182 e. The summed E-state index contributed by atoms with van der Waals surface area (Å²) in [4.78, 5) is 21.9. The molecule has 0 heterocycles. The first-order chi connectivity index (χ1) is 6.88. The number of Topliss-reactive ketones (excluding diaryl/α,β-unsaturated/α-hetero) is 1. The van der Waals surface area contributed by atoms with Crippen LogP contribution < -0.4 is 0 Å². The van der Waals surface area contributed by atoms with Crippen molar-refractivity contribution in [3.63, 3.8) is 0 Å². The molecule has 2 nitrogen and oxygen atoms in total. The number of fused-ring (bicyclic) bond motifs is 2. The van der Waals surface area contributed by atoms with Gasteiger partial charge in [-0.15, -0.1) is 0 Å². The van der Waals surface area contributed by atoms with Crippen LogP contribution in [0.4, 0.5) is 0 Å². The van der Waals surface area contributed by atoms with Gasteiger partial charge < -0.3 is 4.80 Å². The third-order valence-electron chi connectivity index (χ3n) is 3.37. The van der Waals surface area contributed by atoms with Crippen LogP contribution >= 0.6 is 22.6 Å². The molecule has 2 aliphatic rings. The van der Waals surface area contributed by atoms with Crippen molar-refractivity contribution in [2.75, 3.05) is 0 Å². The van der Waals surface area contributed by atoms with Gasteiger partial charge in [-0.1, -0.05) is 34.7 Å². The molecule has 0 spiro atoms. The summed E-state index contributed by atoms with van der Waals surface area (Å²) < 4.78 is 0.437. The smallest absolute Gasteiger partial charge is 0.182 e. The summed E-state index contributed by atoms with van der Waals surface area (Å²) in [7, 11) is -2.03. The second-order valence-corrected chi connectivity index (χ2v) is 11.0. The lowest BCUT2D eigenvalue weighted by atomic mass is 9.79. The Morgan fingerprint density at radius 2 is 2.07 bits per heavy atom. The van der Waals surface area contributed by atoms with Crippen LogP contribution in [0.15, 0.2) is 12.2 Å². The quantitative estimate of drug-likeness (QED) is 0.364. The summed E-state index contributed by atoms with van der Waals surface area (Å²) in [5.74, 6) is 1.06. The highest BCUT2D eigenvalue weighted by molar-refractivity contribution is 14.1. The second-order valence-electron chi connectivity index (χ2n) is 5.37. The van der Waals surface area contributed by atoms with Crippen LogP contribution in [-0.4, -0.2) is 22.8 Å². The van der Waals surface area contributed by atoms with E-state index in [1.807, 2.05) is 13.1 Å². The highest BCUT2D eigenvalue weighted by Crippen LogP contribution is 2.44. The van der Waals surface area contributed by atoms with Gasteiger partial charge in [0, 0.05) is 15.8 Å². The Hall–Kier alpha value is 0.317. The molecule has 1 saturated carbocycles. The molecule has 84 valence electrons. The molecule has 2 rings (SSSR count). The molecule has 4 atom stereocenters. The molecular weight excluding hydrogens is 319 g/mol. The molecule has 0 aromatic heterocycles. The molecule has 0 aliphatic heterocycles. The number of alkyl halides is 1. The molecule has 0 unspecified atom stereocenters. The zero-order valence-corrected chi connectivity index (χ0v) is 12.3. The maximum atomic E-state index is 12.0. The number of hydrogen-bond acceptors (Lipinski definition) is 2. The molecule has 0 saturated heterocycles. The molecule has 15 heavy (non-hydrogen) atoms. The van der Waals surface area contributed by atoms with Gasteiger partial charge in [0.05, 0.1) is 0 Å². The molecule has 1 fully saturated rings. The van der Waals surface area contributed by atoms with E-state index >= 15 is 0 Å². The van der Waals surface area contributed by atoms with Gasteiger partial charge in [-0.2, -0.15) is 0 Å². The fourth-order valence-corrected chi connectivity index (χ4v) is 5.73. The van der Waals surface area contributed by atoms with Crippen molar-refractivity contribution in [1.82, 2.24) is 0 Å². The molecule has 2 aliphatic carbocycles. The maximum absolute atomic E-state index is 12.0. The molecule has 4 heteroatoms. The molecule has 0 radical (unpaired) electrons. The highest BCUT2D eigenvalue weighted by Gasteiger charge is 2.45. The van der Waals surface area contributed by atoms with Crippen LogP contribution in [0.25, 0.3) is 0 Å². The first-order valence-corrected chi connectivity index (χ1v) is 9.87. The fraction of sp³-hybridized carbons (Fsp3) is 0.727. The Labute approximate surface area is 105 Å². The highest BCUT2D eigenvalue weighted by atomic mass is 127. The van der Waals surface area contributed by atoms with Crippen molar-refractivity contribution in [2.45, 2.75) is 29.5 Å². The van der Waals surface area contributed by atoms with Gasteiger partial charge in [0.15, 0.2) is 8.32 Å². The van der Waals surface area contributed by atoms with Gasteiger partial charge in [0.25, 0.3) is 0 Å². The van der Waals surface area contributed by atoms with Crippen molar-refractivity contribution >= 4 is 36.7 Å². The molecule has 0 aromatic rings. The zero-order valence-electron chi connectivity index (χ0n) is 9.11. The monoisotopic (exact) mass is 336 g/mol. The lowest BCUT2D eigenvalue weighted by molar-refractivity contribution is -0.125. The van der Waals surface area contributed by atoms with Gasteiger partial charge in [-0.25, -0.2) is 0 Å². The first kappa shape index (κ1) is 11.8. The topological polar surface area (TPSA) is 37.3 Å². The van der Waals surface area contributed by atoms with Gasteiger partial charge >= 0.3 is 0 Å². The number of carbonyl (C=O) groups excluding carboxylic acids is 1. The van der Waals surface area contributed by atoms with E-state index < -0.39 is 8.32 Å². The van der Waals surface area contributed by atoms with Crippen molar-refractivity contribution in [2.24, 2.45) is 17.8 Å². The lowest BCUT2D eigenvalue weighted by Gasteiger charge is -2.34. The number of hydrogen-bond donors (Lipinski definition) is 1. The summed E-state index contributed by atoms with van der Waals surface area (Å²) in [5.41, 5.74) is 0. The Bertz CT molecular complexity index is 308. The Kier molecular flexibility index (Phi) is 3.11. The average Bonchev–Trinajstić information content (AvgIpc) is 2.34. The van der Waals surface area contributed by atoms with Crippen LogP contribution in [0.2, 0.25) is 19.1 Å². The minimum atomic E-state index is -2.03. The summed E-state index contributed by atoms with van der Waals surface area (Å²) >= 11 is 2.39. The number of halogens is 1. The molecule has 0 aromatic carbocycles. The van der Waals surface area contributed by atoms with Crippen LogP contribution in [0, 0.1) is 17.8 Å². The fourth-order valence-electron chi connectivity index (χ4n) is 2.77. The van der Waals surface area contributed by atoms with Crippen LogP contribution in [0.3, 0.4) is 0 Å². The molecule has 1 N–H and O–H groups in total. The SMILES string of the molecule is C[Si](C)(O)C[C@@H]1C[C@@H](I)[C@H]2C=C[C@@H]1C2=O. The third-order valence-corrected chi connectivity index (χ3v) is 6.18. The van der Waals surface area contributed by atoms with Gasteiger partial charge in [0.1, 0.15) is 5.78 Å². The van der Waals surface area contributed by atoms with E-state index in [0.29, 0.717) is 15.6 Å². The summed E-state index contributed by atoms with van der Waals surface area (Å²) in [5, 5.41) is 0. The molecule has 0 amide bonds. The van der Waals surface area contributed by atoms with Gasteiger partial charge in [-0.3, -0.25) is 4.79 Å². The largest absolute Gasteiger partial charge is 0.432 e. The first-order valence-electron chi connectivity index (χ1n) is 5.47. The standard InChI is InChI=1S/C11H17IO2Si/c1-15(2,14)6-7-5-10(12)9-4-3-8(7)11(9)13/h3-4,7-10,14H,5-6H2,1-2H3/t7-,8-,9+,10+/m0/s1. The number of rotatable bonds is 2. The average molecular weight is 336 g/mol. The second kappa shape index (κ2) is 3.96. The zero-order chi connectivity index (χ0) is 11.2. The Balaban J connectivity index is 2.14. The van der Waals surface area contributed by atoms with Crippen LogP contribution in [-0.2, 0) is 4.79 Å². The van der Waals surface area contributed by atoms with Crippen molar-refractivity contribution < 1.29 is 9.59 Å². The number of carbonyl (C=O) groups is 1.